The third kappa shape index (κ3) is 2.98. The number of rotatable bonds is 5. The van der Waals surface area contributed by atoms with Crippen LogP contribution in [0.1, 0.15) is 26.7 Å². The number of aliphatic hydroxyl groups excluding tert-OH is 1. The topological polar surface area (TPSA) is 116 Å². The van der Waals surface area contributed by atoms with Crippen LogP contribution in [0, 0.1) is 0 Å². The van der Waals surface area contributed by atoms with Crippen LogP contribution in [0.4, 0.5) is 5.95 Å². The van der Waals surface area contributed by atoms with E-state index in [0.29, 0.717) is 12.0 Å². The minimum absolute atomic E-state index is 0.0458. The van der Waals surface area contributed by atoms with E-state index in [1.54, 1.807) is 11.4 Å². The Morgan fingerprint density at radius 3 is 3.04 bits per heavy atom. The SMILES string of the molecule is CC(O)NC1(C)CC(Nc2ncc3c(-c4ccn5ncnc5c4)c[nH]c3n2)C1. The van der Waals surface area contributed by atoms with Gasteiger partial charge in [-0.05, 0) is 44.4 Å². The summed E-state index contributed by atoms with van der Waals surface area (Å²) in [6.07, 6.45) is 8.53. The van der Waals surface area contributed by atoms with Gasteiger partial charge < -0.3 is 15.4 Å². The number of nitrogens with one attached hydrogen (secondary N) is 3. The van der Waals surface area contributed by atoms with E-state index in [-0.39, 0.29) is 5.54 Å². The van der Waals surface area contributed by atoms with Gasteiger partial charge in [0.2, 0.25) is 5.95 Å². The fraction of sp³-hybridized carbons (Fsp3) is 0.368. The molecule has 1 fully saturated rings. The largest absolute Gasteiger partial charge is 0.379 e. The summed E-state index contributed by atoms with van der Waals surface area (Å²) in [5.74, 6) is 0.609. The van der Waals surface area contributed by atoms with E-state index in [4.69, 9.17) is 0 Å². The summed E-state index contributed by atoms with van der Waals surface area (Å²) in [6.45, 7) is 3.86. The number of aromatic nitrogens is 6. The number of hydrogen-bond acceptors (Lipinski definition) is 7. The number of pyridine rings is 1. The molecule has 4 heterocycles. The molecule has 144 valence electrons. The van der Waals surface area contributed by atoms with E-state index in [0.717, 1.165) is 40.6 Å². The molecule has 0 aromatic carbocycles. The maximum Gasteiger partial charge on any atom is 0.224 e. The van der Waals surface area contributed by atoms with Crippen molar-refractivity contribution in [2.75, 3.05) is 5.32 Å². The first-order valence-electron chi connectivity index (χ1n) is 9.35. The van der Waals surface area contributed by atoms with Crippen LogP contribution in [0.25, 0.3) is 27.8 Å². The van der Waals surface area contributed by atoms with E-state index >= 15 is 0 Å². The third-order valence-electron chi connectivity index (χ3n) is 5.31. The van der Waals surface area contributed by atoms with Gasteiger partial charge in [0.15, 0.2) is 5.65 Å². The van der Waals surface area contributed by atoms with Gasteiger partial charge in [0.05, 0.1) is 0 Å². The smallest absolute Gasteiger partial charge is 0.224 e. The Kier molecular flexibility index (Phi) is 3.81. The zero-order valence-corrected chi connectivity index (χ0v) is 15.7. The molecule has 0 aliphatic heterocycles. The number of anilines is 1. The molecule has 9 heteroatoms. The molecule has 0 radical (unpaired) electrons. The van der Waals surface area contributed by atoms with Crippen LogP contribution >= 0.6 is 0 Å². The highest BCUT2D eigenvalue weighted by Gasteiger charge is 2.41. The molecule has 5 rings (SSSR count). The average molecular weight is 378 g/mol. The second kappa shape index (κ2) is 6.25. The van der Waals surface area contributed by atoms with Crippen LogP contribution in [-0.4, -0.2) is 52.5 Å². The predicted octanol–water partition coefficient (Wildman–Crippen LogP) is 1.93. The molecule has 4 aromatic heterocycles. The Hall–Kier alpha value is -3.04. The lowest BCUT2D eigenvalue weighted by Crippen LogP contribution is -2.60. The van der Waals surface area contributed by atoms with Gasteiger partial charge in [-0.2, -0.15) is 10.1 Å². The van der Waals surface area contributed by atoms with Crippen molar-refractivity contribution in [1.82, 2.24) is 34.9 Å². The molecule has 1 aliphatic rings. The Labute approximate surface area is 161 Å². The summed E-state index contributed by atoms with van der Waals surface area (Å²) in [5.41, 5.74) is 3.61. The Morgan fingerprint density at radius 1 is 1.36 bits per heavy atom. The minimum Gasteiger partial charge on any atom is -0.379 e. The Balaban J connectivity index is 1.35. The summed E-state index contributed by atoms with van der Waals surface area (Å²) in [5, 5.41) is 21.2. The summed E-state index contributed by atoms with van der Waals surface area (Å²) < 4.78 is 1.73. The zero-order valence-electron chi connectivity index (χ0n) is 15.7. The molecule has 0 bridgehead atoms. The Morgan fingerprint density at radius 2 is 2.21 bits per heavy atom. The van der Waals surface area contributed by atoms with Gasteiger partial charge in [-0.25, -0.2) is 14.5 Å². The first-order valence-corrected chi connectivity index (χ1v) is 9.35. The highest BCUT2D eigenvalue weighted by atomic mass is 16.3. The molecule has 1 aliphatic carbocycles. The van der Waals surface area contributed by atoms with Crippen LogP contribution in [0.3, 0.4) is 0 Å². The van der Waals surface area contributed by atoms with E-state index in [1.165, 1.54) is 6.33 Å². The third-order valence-corrected chi connectivity index (χ3v) is 5.31. The highest BCUT2D eigenvalue weighted by Crippen LogP contribution is 2.34. The molecule has 4 aromatic rings. The predicted molar refractivity (Wildman–Crippen MR) is 106 cm³/mol. The summed E-state index contributed by atoms with van der Waals surface area (Å²) in [4.78, 5) is 16.6. The van der Waals surface area contributed by atoms with Crippen LogP contribution in [0.5, 0.6) is 0 Å². The van der Waals surface area contributed by atoms with Gasteiger partial charge in [0, 0.05) is 41.1 Å². The number of aromatic amines is 1. The molecule has 0 amide bonds. The van der Waals surface area contributed by atoms with Crippen LogP contribution in [0.15, 0.2) is 37.1 Å². The normalized spacial score (nSPS) is 23.0. The van der Waals surface area contributed by atoms with E-state index < -0.39 is 6.23 Å². The summed E-state index contributed by atoms with van der Waals surface area (Å²) >= 11 is 0. The first-order chi connectivity index (χ1) is 13.5. The second-order valence-electron chi connectivity index (χ2n) is 7.77. The summed E-state index contributed by atoms with van der Waals surface area (Å²) in [7, 11) is 0. The van der Waals surface area contributed by atoms with Crippen molar-refractivity contribution in [3.63, 3.8) is 0 Å². The van der Waals surface area contributed by atoms with Crippen LogP contribution in [-0.2, 0) is 0 Å². The number of hydrogen-bond donors (Lipinski definition) is 4. The average Bonchev–Trinajstić information content (AvgIpc) is 3.25. The van der Waals surface area contributed by atoms with Crippen molar-refractivity contribution in [3.8, 4) is 11.1 Å². The molecule has 1 atom stereocenters. The van der Waals surface area contributed by atoms with Crippen molar-refractivity contribution < 1.29 is 5.11 Å². The van der Waals surface area contributed by atoms with Crippen LogP contribution < -0.4 is 10.6 Å². The van der Waals surface area contributed by atoms with Crippen molar-refractivity contribution in [2.24, 2.45) is 0 Å². The van der Waals surface area contributed by atoms with Crippen LogP contribution in [0.2, 0.25) is 0 Å². The van der Waals surface area contributed by atoms with Gasteiger partial charge >= 0.3 is 0 Å². The molecule has 0 saturated heterocycles. The number of H-pyrrole nitrogens is 1. The standard InChI is InChI=1S/C19H22N8O/c1-11(28)26-19(2)6-13(7-19)24-18-21-9-15-14(8-20-17(15)25-18)12-3-4-27-16(5-12)22-10-23-27/h3-5,8-11,13,26,28H,6-7H2,1-2H3,(H2,20,21,24,25). The lowest BCUT2D eigenvalue weighted by molar-refractivity contribution is 0.0692. The van der Waals surface area contributed by atoms with Crippen molar-refractivity contribution >= 4 is 22.6 Å². The van der Waals surface area contributed by atoms with E-state index in [2.05, 4.69) is 42.6 Å². The fourth-order valence-corrected chi connectivity index (χ4v) is 4.13. The van der Waals surface area contributed by atoms with Crippen molar-refractivity contribution in [3.05, 3.63) is 37.1 Å². The lowest BCUT2D eigenvalue weighted by Gasteiger charge is -2.46. The molecule has 1 unspecified atom stereocenters. The minimum atomic E-state index is -0.507. The number of aliphatic hydroxyl groups is 1. The zero-order chi connectivity index (χ0) is 19.3. The van der Waals surface area contributed by atoms with Gasteiger partial charge in [0.25, 0.3) is 0 Å². The van der Waals surface area contributed by atoms with Gasteiger partial charge in [-0.15, -0.1) is 0 Å². The van der Waals surface area contributed by atoms with Crippen molar-refractivity contribution in [1.29, 1.82) is 0 Å². The second-order valence-corrected chi connectivity index (χ2v) is 7.77. The Bertz CT molecular complexity index is 1140. The van der Waals surface area contributed by atoms with E-state index in [1.807, 2.05) is 30.7 Å². The maximum absolute atomic E-state index is 9.52. The molecular weight excluding hydrogens is 356 g/mol. The molecule has 28 heavy (non-hydrogen) atoms. The van der Waals surface area contributed by atoms with Crippen molar-refractivity contribution in [2.45, 2.75) is 44.5 Å². The van der Waals surface area contributed by atoms with Gasteiger partial charge in [0.1, 0.15) is 18.2 Å². The van der Waals surface area contributed by atoms with Gasteiger partial charge in [-0.3, -0.25) is 5.32 Å². The number of nitrogens with zero attached hydrogens (tertiary/aromatic N) is 5. The molecule has 9 nitrogen and oxygen atoms in total. The van der Waals surface area contributed by atoms with E-state index in [9.17, 15) is 5.11 Å². The molecule has 4 N–H and O–H groups in total. The highest BCUT2D eigenvalue weighted by molar-refractivity contribution is 5.93. The maximum atomic E-state index is 9.52. The molecule has 0 spiro atoms. The molecule has 1 saturated carbocycles. The quantitative estimate of drug-likeness (QED) is 0.392. The first kappa shape index (κ1) is 17.1. The molecular formula is C19H22N8O. The fourth-order valence-electron chi connectivity index (χ4n) is 4.13. The van der Waals surface area contributed by atoms with Gasteiger partial charge in [-0.1, -0.05) is 0 Å². The monoisotopic (exact) mass is 378 g/mol. The number of fused-ring (bicyclic) bond motifs is 2. The summed E-state index contributed by atoms with van der Waals surface area (Å²) in [6, 6.07) is 4.28. The lowest BCUT2D eigenvalue weighted by atomic mass is 9.74.